The van der Waals surface area contributed by atoms with Crippen LogP contribution >= 0.6 is 0 Å². The third-order valence-corrected chi connectivity index (χ3v) is 7.72. The summed E-state index contributed by atoms with van der Waals surface area (Å²) in [6.45, 7) is 13.4. The van der Waals surface area contributed by atoms with Gasteiger partial charge in [-0.3, -0.25) is 5.10 Å². The van der Waals surface area contributed by atoms with Gasteiger partial charge in [-0.2, -0.15) is 19.9 Å². The molecule has 0 spiro atoms. The lowest BCUT2D eigenvalue weighted by molar-refractivity contribution is 0.622. The van der Waals surface area contributed by atoms with Crippen molar-refractivity contribution in [3.05, 3.63) is 95.3 Å². The van der Waals surface area contributed by atoms with Crippen LogP contribution in [0, 0.1) is 0 Å². The quantitative estimate of drug-likeness (QED) is 0.329. The minimum atomic E-state index is -0.328. The zero-order valence-corrected chi connectivity index (χ0v) is 21.6. The molecule has 1 aromatic carbocycles. The van der Waals surface area contributed by atoms with Crippen LogP contribution in [-0.4, -0.2) is 34.4 Å². The Labute approximate surface area is 210 Å². The van der Waals surface area contributed by atoms with E-state index < -0.39 is 0 Å². The molecule has 0 bridgehead atoms. The Morgan fingerprint density at radius 2 is 1.64 bits per heavy atom. The number of pyridine rings is 1. The Balaban J connectivity index is 1.48. The number of nitrogens with zero attached hydrogens (tertiary/aromatic N) is 6. The van der Waals surface area contributed by atoms with Crippen molar-refractivity contribution in [1.29, 1.82) is 0 Å². The monoisotopic (exact) mass is 477 g/mol. The second-order valence-corrected chi connectivity index (χ2v) is 11.0. The molecule has 0 aliphatic rings. The number of nitrogens with one attached hydrogen (secondary N) is 1. The molecule has 0 atom stereocenters. The molecule has 5 heterocycles. The average Bonchev–Trinajstić information content (AvgIpc) is 3.60. The van der Waals surface area contributed by atoms with E-state index in [4.69, 9.17) is 4.98 Å². The molecular weight excluding hydrogens is 446 g/mol. The number of imidazole rings is 1. The highest BCUT2D eigenvalue weighted by Gasteiger charge is 2.33. The van der Waals surface area contributed by atoms with Crippen molar-refractivity contribution in [2.24, 2.45) is 0 Å². The Morgan fingerprint density at radius 3 is 2.44 bits per heavy atom. The second kappa shape index (κ2) is 7.75. The summed E-state index contributed by atoms with van der Waals surface area (Å²) in [5, 5.41) is 17.7. The molecule has 182 valence electrons. The largest absolute Gasteiger partial charge is 0.307 e. The molecule has 6 aromatic rings. The number of aromatic amines is 1. The second-order valence-electron chi connectivity index (χ2n) is 11.0. The molecule has 0 aliphatic carbocycles. The van der Waals surface area contributed by atoms with Gasteiger partial charge in [0, 0.05) is 40.4 Å². The van der Waals surface area contributed by atoms with E-state index in [-0.39, 0.29) is 10.8 Å². The molecule has 36 heavy (non-hydrogen) atoms. The van der Waals surface area contributed by atoms with Gasteiger partial charge in [-0.15, -0.1) is 0 Å². The van der Waals surface area contributed by atoms with Crippen LogP contribution in [0.5, 0.6) is 0 Å². The van der Waals surface area contributed by atoms with E-state index in [2.05, 4.69) is 109 Å². The zero-order valence-electron chi connectivity index (χ0n) is 21.6. The first-order valence-electron chi connectivity index (χ1n) is 12.4. The molecule has 0 saturated heterocycles. The van der Waals surface area contributed by atoms with Crippen molar-refractivity contribution >= 4 is 22.1 Å². The first-order chi connectivity index (χ1) is 17.2. The van der Waals surface area contributed by atoms with Gasteiger partial charge < -0.3 is 4.40 Å². The normalized spacial score (nSPS) is 13.0. The molecule has 7 heteroatoms. The minimum Gasteiger partial charge on any atom is -0.307 e. The number of benzene rings is 1. The maximum atomic E-state index is 5.01. The molecule has 0 saturated carbocycles. The number of rotatable bonds is 5. The number of fused-ring (bicyclic) bond motifs is 3. The van der Waals surface area contributed by atoms with E-state index in [1.54, 1.807) is 10.8 Å². The fraction of sp³-hybridized carbons (Fsp3) is 0.310. The van der Waals surface area contributed by atoms with Crippen molar-refractivity contribution in [3.63, 3.8) is 0 Å². The Bertz CT molecular complexity index is 1730. The van der Waals surface area contributed by atoms with Crippen molar-refractivity contribution in [2.45, 2.75) is 58.3 Å². The molecule has 0 unspecified atom stereocenters. The fourth-order valence-electron chi connectivity index (χ4n) is 5.35. The van der Waals surface area contributed by atoms with Crippen molar-refractivity contribution in [2.75, 3.05) is 0 Å². The third-order valence-electron chi connectivity index (χ3n) is 7.72. The predicted octanol–water partition coefficient (Wildman–Crippen LogP) is 6.03. The van der Waals surface area contributed by atoms with Crippen LogP contribution in [0.4, 0.5) is 0 Å². The van der Waals surface area contributed by atoms with Gasteiger partial charge in [0.25, 0.3) is 0 Å². The van der Waals surface area contributed by atoms with Gasteiger partial charge in [0.05, 0.1) is 29.1 Å². The summed E-state index contributed by atoms with van der Waals surface area (Å²) in [6.07, 6.45) is 9.97. The molecule has 7 nitrogen and oxygen atoms in total. The van der Waals surface area contributed by atoms with Crippen LogP contribution in [-0.2, 0) is 10.8 Å². The Hall–Kier alpha value is -4.00. The van der Waals surface area contributed by atoms with Gasteiger partial charge in [0.15, 0.2) is 0 Å². The third kappa shape index (κ3) is 3.26. The molecule has 5 aromatic heterocycles. The molecule has 0 fully saturated rings. The molecule has 0 aliphatic heterocycles. The van der Waals surface area contributed by atoms with E-state index >= 15 is 0 Å². The number of hydrogen-bond donors (Lipinski definition) is 1. The highest BCUT2D eigenvalue weighted by molar-refractivity contribution is 5.88. The van der Waals surface area contributed by atoms with Crippen LogP contribution in [0.2, 0.25) is 0 Å². The van der Waals surface area contributed by atoms with Gasteiger partial charge in [-0.1, -0.05) is 59.7 Å². The van der Waals surface area contributed by atoms with E-state index in [9.17, 15) is 0 Å². The topological polar surface area (TPSA) is 76.2 Å². The number of hydrogen-bond acceptors (Lipinski definition) is 4. The SMILES string of the molecule is CC(C)c1ccc2nc(C(C)(C)c3ccc(C(C)(C)c4cnn5ncccc45)c4cn[nH]c34)cn2c1. The lowest BCUT2D eigenvalue weighted by atomic mass is 9.74. The van der Waals surface area contributed by atoms with Gasteiger partial charge in [-0.25, -0.2) is 4.98 Å². The highest BCUT2D eigenvalue weighted by atomic mass is 15.4. The Kier molecular flexibility index (Phi) is 4.84. The first-order valence-corrected chi connectivity index (χ1v) is 12.4. The van der Waals surface area contributed by atoms with Crippen LogP contribution in [0.25, 0.3) is 22.1 Å². The lowest BCUT2D eigenvalue weighted by Crippen LogP contribution is -2.22. The Morgan fingerprint density at radius 1 is 0.833 bits per heavy atom. The summed E-state index contributed by atoms with van der Waals surface area (Å²) in [6, 6.07) is 12.8. The number of aromatic nitrogens is 7. The number of H-pyrrole nitrogens is 1. The molecule has 6 rings (SSSR count). The average molecular weight is 478 g/mol. The first kappa shape index (κ1) is 22.5. The molecule has 0 amide bonds. The van der Waals surface area contributed by atoms with Crippen LogP contribution in [0.3, 0.4) is 0 Å². The smallest absolute Gasteiger partial charge is 0.137 e. The van der Waals surface area contributed by atoms with Crippen molar-refractivity contribution in [1.82, 2.24) is 34.4 Å². The summed E-state index contributed by atoms with van der Waals surface area (Å²) >= 11 is 0. The minimum absolute atomic E-state index is 0.300. The summed E-state index contributed by atoms with van der Waals surface area (Å²) in [4.78, 5) is 5.01. The molecular formula is C29H31N7. The van der Waals surface area contributed by atoms with Crippen molar-refractivity contribution < 1.29 is 0 Å². The van der Waals surface area contributed by atoms with E-state index in [1.807, 2.05) is 18.5 Å². The van der Waals surface area contributed by atoms with Crippen LogP contribution < -0.4 is 0 Å². The van der Waals surface area contributed by atoms with Gasteiger partial charge in [-0.05, 0) is 40.8 Å². The van der Waals surface area contributed by atoms with E-state index in [0.29, 0.717) is 5.92 Å². The van der Waals surface area contributed by atoms with Gasteiger partial charge >= 0.3 is 0 Å². The van der Waals surface area contributed by atoms with Crippen LogP contribution in [0.1, 0.15) is 75.4 Å². The van der Waals surface area contributed by atoms with E-state index in [0.717, 1.165) is 33.3 Å². The van der Waals surface area contributed by atoms with Gasteiger partial charge in [0.2, 0.25) is 0 Å². The fourth-order valence-corrected chi connectivity index (χ4v) is 5.35. The molecule has 0 radical (unpaired) electrons. The highest BCUT2D eigenvalue weighted by Crippen LogP contribution is 2.41. The maximum absolute atomic E-state index is 5.01. The van der Waals surface area contributed by atoms with Crippen molar-refractivity contribution in [3.8, 4) is 0 Å². The van der Waals surface area contributed by atoms with Gasteiger partial charge in [0.1, 0.15) is 5.65 Å². The standard InChI is InChI=1S/C29H31N7/c1-18(2)19-9-12-26-33-25(17-35(26)16-19)29(5,6)22-11-10-21(20-14-30-34-27(20)22)28(3,4)23-15-32-36-24(23)8-7-13-31-36/h7-18H,1-6H3,(H,30,34). The van der Waals surface area contributed by atoms with E-state index in [1.165, 1.54) is 16.7 Å². The predicted molar refractivity (Wildman–Crippen MR) is 143 cm³/mol. The maximum Gasteiger partial charge on any atom is 0.137 e. The summed E-state index contributed by atoms with van der Waals surface area (Å²) in [5.74, 6) is 0.470. The summed E-state index contributed by atoms with van der Waals surface area (Å²) < 4.78 is 3.84. The zero-order chi connectivity index (χ0) is 25.2. The lowest BCUT2D eigenvalue weighted by Gasteiger charge is -2.29. The molecule has 1 N–H and O–H groups in total. The summed E-state index contributed by atoms with van der Waals surface area (Å²) in [7, 11) is 0. The summed E-state index contributed by atoms with van der Waals surface area (Å²) in [5.41, 5.74) is 8.21. The van der Waals surface area contributed by atoms with Crippen LogP contribution in [0.15, 0.2) is 67.4 Å².